The topological polar surface area (TPSA) is 52.6 Å². The highest BCUT2D eigenvalue weighted by molar-refractivity contribution is 7.72. The minimum Gasteiger partial charge on any atom is -0.303 e. The van der Waals surface area contributed by atoms with Crippen LogP contribution in [0.2, 0.25) is 0 Å². The summed E-state index contributed by atoms with van der Waals surface area (Å²) < 4.78 is 23.2. The molecule has 114 valence electrons. The molecule has 21 heavy (non-hydrogen) atoms. The normalized spacial score (nSPS) is 11.1. The van der Waals surface area contributed by atoms with Crippen molar-refractivity contribution in [2.75, 3.05) is 13.2 Å². The molecule has 0 saturated heterocycles. The zero-order valence-corrected chi connectivity index (χ0v) is 13.2. The minimum atomic E-state index is -3.84. The Bertz CT molecular complexity index is 516. The van der Waals surface area contributed by atoms with Crippen LogP contribution in [0.5, 0.6) is 0 Å². The molecule has 0 unspecified atom stereocenters. The van der Waals surface area contributed by atoms with Crippen LogP contribution in [0.15, 0.2) is 49.6 Å². The van der Waals surface area contributed by atoms with E-state index in [2.05, 4.69) is 13.2 Å². The molecule has 1 aromatic rings. The first-order chi connectivity index (χ1) is 10.0. The Morgan fingerprint density at radius 1 is 1.10 bits per heavy atom. The molecule has 5 heteroatoms. The summed E-state index contributed by atoms with van der Waals surface area (Å²) in [6, 6.07) is 6.81. The van der Waals surface area contributed by atoms with Gasteiger partial charge in [0.2, 0.25) is 0 Å². The first-order valence-electron chi connectivity index (χ1n) is 6.76. The van der Waals surface area contributed by atoms with Gasteiger partial charge in [-0.3, -0.25) is 9.36 Å². The molecule has 0 aliphatic carbocycles. The molecule has 0 spiro atoms. The van der Waals surface area contributed by atoms with Gasteiger partial charge in [0.05, 0.1) is 13.2 Å². The van der Waals surface area contributed by atoms with Crippen LogP contribution in [-0.2, 0) is 13.6 Å². The van der Waals surface area contributed by atoms with Crippen LogP contribution >= 0.6 is 7.60 Å². The molecule has 0 amide bonds. The second-order valence-electron chi connectivity index (χ2n) is 4.49. The van der Waals surface area contributed by atoms with Gasteiger partial charge in [0, 0.05) is 5.56 Å². The molecule has 0 fully saturated rings. The molecule has 0 atom stereocenters. The fourth-order valence-corrected chi connectivity index (χ4v) is 2.99. The van der Waals surface area contributed by atoms with Gasteiger partial charge in [0.15, 0.2) is 0 Å². The quantitative estimate of drug-likeness (QED) is 0.362. The predicted molar refractivity (Wildman–Crippen MR) is 84.6 cm³/mol. The van der Waals surface area contributed by atoms with E-state index in [4.69, 9.17) is 9.05 Å². The smallest absolute Gasteiger partial charge is 0.303 e. The Labute approximate surface area is 126 Å². The van der Waals surface area contributed by atoms with Crippen LogP contribution in [0.1, 0.15) is 28.8 Å². The highest BCUT2D eigenvalue weighted by atomic mass is 31.2. The van der Waals surface area contributed by atoms with Crippen molar-refractivity contribution in [2.45, 2.75) is 19.8 Å². The standard InChI is InChI=1S/C16H21O4P/c1-4-6-12-19-21(18,20-13-7-5-2)16(17)15-10-8-14(3)9-11-15/h4-5,8-11H,1-2,6-7,12-13H2,3H3. The Morgan fingerprint density at radius 2 is 1.57 bits per heavy atom. The lowest BCUT2D eigenvalue weighted by molar-refractivity contribution is 0.0996. The maximum atomic E-state index is 12.7. The highest BCUT2D eigenvalue weighted by Crippen LogP contribution is 2.51. The van der Waals surface area contributed by atoms with Crippen LogP contribution in [0.4, 0.5) is 0 Å². The third-order valence-electron chi connectivity index (χ3n) is 2.71. The van der Waals surface area contributed by atoms with E-state index in [1.54, 1.807) is 36.4 Å². The number of hydrogen-bond donors (Lipinski definition) is 0. The molecule has 0 aromatic heterocycles. The van der Waals surface area contributed by atoms with Crippen molar-refractivity contribution in [1.82, 2.24) is 0 Å². The number of hydrogen-bond acceptors (Lipinski definition) is 4. The monoisotopic (exact) mass is 308 g/mol. The first kappa shape index (κ1) is 17.6. The summed E-state index contributed by atoms with van der Waals surface area (Å²) in [4.78, 5) is 12.4. The van der Waals surface area contributed by atoms with E-state index in [0.717, 1.165) is 5.56 Å². The molecule has 0 bridgehead atoms. The number of aryl methyl sites for hydroxylation is 1. The molecular weight excluding hydrogens is 287 g/mol. The average molecular weight is 308 g/mol. The van der Waals surface area contributed by atoms with Crippen molar-refractivity contribution in [3.8, 4) is 0 Å². The van der Waals surface area contributed by atoms with Crippen molar-refractivity contribution < 1.29 is 18.4 Å². The van der Waals surface area contributed by atoms with Crippen molar-refractivity contribution >= 4 is 13.1 Å². The van der Waals surface area contributed by atoms with E-state index in [-0.39, 0.29) is 13.2 Å². The third kappa shape index (κ3) is 5.43. The zero-order valence-electron chi connectivity index (χ0n) is 12.3. The van der Waals surface area contributed by atoms with E-state index in [0.29, 0.717) is 18.4 Å². The van der Waals surface area contributed by atoms with Gasteiger partial charge in [-0.15, -0.1) is 13.2 Å². The SMILES string of the molecule is C=CCCOP(=O)(OCCC=C)C(=O)c1ccc(C)cc1. The number of benzene rings is 1. The summed E-state index contributed by atoms with van der Waals surface area (Å²) >= 11 is 0. The second-order valence-corrected chi connectivity index (χ2v) is 6.41. The fourth-order valence-electron chi connectivity index (χ4n) is 1.52. The van der Waals surface area contributed by atoms with Gasteiger partial charge in [-0.1, -0.05) is 42.0 Å². The van der Waals surface area contributed by atoms with Gasteiger partial charge >= 0.3 is 7.60 Å². The van der Waals surface area contributed by atoms with E-state index < -0.39 is 13.1 Å². The Hall–Kier alpha value is -1.48. The fraction of sp³-hybridized carbons (Fsp3) is 0.312. The van der Waals surface area contributed by atoms with Gasteiger partial charge in [-0.25, -0.2) is 0 Å². The van der Waals surface area contributed by atoms with Crippen LogP contribution < -0.4 is 0 Å². The molecule has 1 rings (SSSR count). The minimum absolute atomic E-state index is 0.131. The van der Waals surface area contributed by atoms with Crippen molar-refractivity contribution in [2.24, 2.45) is 0 Å². The van der Waals surface area contributed by atoms with Crippen molar-refractivity contribution in [1.29, 1.82) is 0 Å². The van der Waals surface area contributed by atoms with Crippen LogP contribution in [-0.4, -0.2) is 18.7 Å². The molecule has 0 aliphatic heterocycles. The van der Waals surface area contributed by atoms with Gasteiger partial charge < -0.3 is 9.05 Å². The van der Waals surface area contributed by atoms with Crippen LogP contribution in [0.25, 0.3) is 0 Å². The van der Waals surface area contributed by atoms with E-state index in [1.165, 1.54) is 0 Å². The maximum Gasteiger partial charge on any atom is 0.401 e. The average Bonchev–Trinajstić information content (AvgIpc) is 2.48. The van der Waals surface area contributed by atoms with Crippen LogP contribution in [0.3, 0.4) is 0 Å². The molecular formula is C16H21O4P. The zero-order chi connectivity index (χ0) is 15.7. The van der Waals surface area contributed by atoms with Gasteiger partial charge in [0.1, 0.15) is 0 Å². The van der Waals surface area contributed by atoms with Gasteiger partial charge in [-0.2, -0.15) is 0 Å². The van der Waals surface area contributed by atoms with Crippen molar-refractivity contribution in [3.63, 3.8) is 0 Å². The van der Waals surface area contributed by atoms with Gasteiger partial charge in [0.25, 0.3) is 5.52 Å². The lowest BCUT2D eigenvalue weighted by Gasteiger charge is -2.16. The summed E-state index contributed by atoms with van der Waals surface area (Å²) in [5.74, 6) is 0. The number of rotatable bonds is 10. The molecule has 4 nitrogen and oxygen atoms in total. The first-order valence-corrected chi connectivity index (χ1v) is 8.30. The lowest BCUT2D eigenvalue weighted by atomic mass is 10.2. The Morgan fingerprint density at radius 3 is 2.00 bits per heavy atom. The summed E-state index contributed by atoms with van der Waals surface area (Å²) in [6.45, 7) is 9.29. The summed E-state index contributed by atoms with van der Waals surface area (Å²) in [7, 11) is -3.84. The molecule has 0 aliphatic rings. The largest absolute Gasteiger partial charge is 0.401 e. The summed E-state index contributed by atoms with van der Waals surface area (Å²) in [6.07, 6.45) is 4.25. The molecule has 0 heterocycles. The lowest BCUT2D eigenvalue weighted by Crippen LogP contribution is -2.09. The van der Waals surface area contributed by atoms with Gasteiger partial charge in [-0.05, 0) is 19.8 Å². The number of carbonyl (C=O) groups excluding carboxylic acids is 1. The van der Waals surface area contributed by atoms with E-state index >= 15 is 0 Å². The Balaban J connectivity index is 2.89. The third-order valence-corrected chi connectivity index (χ3v) is 4.51. The van der Waals surface area contributed by atoms with E-state index in [1.807, 2.05) is 6.92 Å². The van der Waals surface area contributed by atoms with Crippen molar-refractivity contribution in [3.05, 3.63) is 60.7 Å². The van der Waals surface area contributed by atoms with E-state index in [9.17, 15) is 9.36 Å². The highest BCUT2D eigenvalue weighted by Gasteiger charge is 2.35. The molecule has 1 aromatic carbocycles. The maximum absolute atomic E-state index is 12.7. The second kappa shape index (κ2) is 8.73. The number of carbonyl (C=O) groups is 1. The summed E-state index contributed by atoms with van der Waals surface area (Å²) in [5, 5.41) is 0. The Kier molecular flexibility index (Phi) is 7.30. The molecule has 0 saturated carbocycles. The molecule has 0 N–H and O–H groups in total. The predicted octanol–water partition coefficient (Wildman–Crippen LogP) is 4.51. The molecule has 0 radical (unpaired) electrons. The summed E-state index contributed by atoms with van der Waals surface area (Å²) in [5.41, 5.74) is 0.721. The van der Waals surface area contributed by atoms with Crippen LogP contribution in [0, 0.1) is 6.92 Å².